The van der Waals surface area contributed by atoms with Gasteiger partial charge in [0.2, 0.25) is 5.91 Å². The zero-order valence-corrected chi connectivity index (χ0v) is 12.6. The number of nitrogens with zero attached hydrogens (tertiary/aromatic N) is 2. The molecular weight excluding hydrogens is 264 g/mol. The molecule has 0 fully saturated rings. The molecule has 1 aromatic carbocycles. The summed E-state index contributed by atoms with van der Waals surface area (Å²) in [5.41, 5.74) is 9.31. The molecule has 0 radical (unpaired) electrons. The average molecular weight is 286 g/mol. The highest BCUT2D eigenvalue weighted by atomic mass is 16.1. The first-order valence-corrected chi connectivity index (χ1v) is 7.33. The van der Waals surface area contributed by atoms with Gasteiger partial charge in [-0.3, -0.25) is 9.48 Å². The molecule has 2 rings (SSSR count). The molecule has 5 heteroatoms. The van der Waals surface area contributed by atoms with Crippen LogP contribution >= 0.6 is 0 Å². The smallest absolute Gasteiger partial charge is 0.226 e. The Balaban J connectivity index is 1.91. The van der Waals surface area contributed by atoms with Crippen molar-refractivity contribution in [1.29, 1.82) is 0 Å². The van der Waals surface area contributed by atoms with E-state index in [9.17, 15) is 4.79 Å². The van der Waals surface area contributed by atoms with Gasteiger partial charge in [-0.25, -0.2) is 0 Å². The highest BCUT2D eigenvalue weighted by molar-refractivity contribution is 5.90. The molecule has 1 heterocycles. The second-order valence-corrected chi connectivity index (χ2v) is 4.98. The van der Waals surface area contributed by atoms with Crippen LogP contribution in [-0.4, -0.2) is 15.7 Å². The largest absolute Gasteiger partial charge is 0.399 e. The zero-order valence-electron chi connectivity index (χ0n) is 12.6. The minimum absolute atomic E-state index is 0.0182. The monoisotopic (exact) mass is 286 g/mol. The van der Waals surface area contributed by atoms with E-state index in [2.05, 4.69) is 30.3 Å². The number of amides is 1. The maximum absolute atomic E-state index is 12.0. The van der Waals surface area contributed by atoms with E-state index in [0.717, 1.165) is 24.2 Å². The van der Waals surface area contributed by atoms with Crippen LogP contribution < -0.4 is 11.1 Å². The Labute approximate surface area is 125 Å². The minimum Gasteiger partial charge on any atom is -0.399 e. The fraction of sp³-hybridized carbons (Fsp3) is 0.375. The first-order valence-electron chi connectivity index (χ1n) is 7.33. The fourth-order valence-corrected chi connectivity index (χ4v) is 2.16. The molecule has 0 spiro atoms. The summed E-state index contributed by atoms with van der Waals surface area (Å²) in [6.07, 6.45) is 2.24. The van der Waals surface area contributed by atoms with Crippen molar-refractivity contribution >= 4 is 17.3 Å². The third-order valence-corrected chi connectivity index (χ3v) is 3.38. The van der Waals surface area contributed by atoms with Crippen LogP contribution in [0.25, 0.3) is 0 Å². The standard InChI is InChI=1S/C16H22N4O/c1-3-13-11-15(4-2)20(19-13)10-9-16(21)18-14-7-5-12(17)6-8-14/h5-8,11H,3-4,9-10,17H2,1-2H3,(H,18,21). The van der Waals surface area contributed by atoms with Crippen LogP contribution in [0.2, 0.25) is 0 Å². The van der Waals surface area contributed by atoms with Crippen molar-refractivity contribution in [2.24, 2.45) is 0 Å². The Morgan fingerprint density at radius 2 is 1.95 bits per heavy atom. The minimum atomic E-state index is -0.0182. The molecule has 0 aliphatic heterocycles. The second kappa shape index (κ2) is 6.92. The molecule has 0 unspecified atom stereocenters. The number of hydrogen-bond donors (Lipinski definition) is 2. The van der Waals surface area contributed by atoms with Gasteiger partial charge in [0.1, 0.15) is 0 Å². The van der Waals surface area contributed by atoms with E-state index in [1.54, 1.807) is 24.3 Å². The first-order chi connectivity index (χ1) is 10.1. The predicted octanol–water partition coefficient (Wildman–Crippen LogP) is 2.62. The van der Waals surface area contributed by atoms with E-state index >= 15 is 0 Å². The van der Waals surface area contributed by atoms with E-state index in [-0.39, 0.29) is 5.91 Å². The van der Waals surface area contributed by atoms with Crippen molar-refractivity contribution in [3.8, 4) is 0 Å². The van der Waals surface area contributed by atoms with Crippen molar-refractivity contribution in [2.45, 2.75) is 39.7 Å². The number of benzene rings is 1. The van der Waals surface area contributed by atoms with Gasteiger partial charge in [-0.2, -0.15) is 5.10 Å². The molecule has 3 N–H and O–H groups in total. The highest BCUT2D eigenvalue weighted by Crippen LogP contribution is 2.11. The second-order valence-electron chi connectivity index (χ2n) is 4.98. The predicted molar refractivity (Wildman–Crippen MR) is 85.1 cm³/mol. The number of carbonyl (C=O) groups excluding carboxylic acids is 1. The summed E-state index contributed by atoms with van der Waals surface area (Å²) in [7, 11) is 0. The van der Waals surface area contributed by atoms with Crippen molar-refractivity contribution < 1.29 is 4.79 Å². The molecule has 0 aliphatic carbocycles. The van der Waals surface area contributed by atoms with Crippen LogP contribution in [0, 0.1) is 0 Å². The number of nitrogen functional groups attached to an aromatic ring is 1. The number of aromatic nitrogens is 2. The lowest BCUT2D eigenvalue weighted by atomic mass is 10.2. The Morgan fingerprint density at radius 1 is 1.24 bits per heavy atom. The molecule has 112 valence electrons. The number of carbonyl (C=O) groups is 1. The van der Waals surface area contributed by atoms with Gasteiger partial charge in [0, 0.05) is 30.0 Å². The highest BCUT2D eigenvalue weighted by Gasteiger charge is 2.08. The van der Waals surface area contributed by atoms with Gasteiger partial charge < -0.3 is 11.1 Å². The van der Waals surface area contributed by atoms with Gasteiger partial charge in [0.05, 0.1) is 5.69 Å². The summed E-state index contributed by atoms with van der Waals surface area (Å²) in [6, 6.07) is 9.25. The summed E-state index contributed by atoms with van der Waals surface area (Å²) >= 11 is 0. The van der Waals surface area contributed by atoms with Crippen LogP contribution in [0.4, 0.5) is 11.4 Å². The van der Waals surface area contributed by atoms with Crippen LogP contribution in [-0.2, 0) is 24.2 Å². The topological polar surface area (TPSA) is 72.9 Å². The van der Waals surface area contributed by atoms with E-state index in [0.29, 0.717) is 18.7 Å². The zero-order chi connectivity index (χ0) is 15.2. The maximum Gasteiger partial charge on any atom is 0.226 e. The number of rotatable bonds is 6. The molecule has 2 aromatic rings. The van der Waals surface area contributed by atoms with Gasteiger partial charge in [-0.05, 0) is 43.2 Å². The lowest BCUT2D eigenvalue weighted by Crippen LogP contribution is -2.16. The lowest BCUT2D eigenvalue weighted by molar-refractivity contribution is -0.116. The van der Waals surface area contributed by atoms with E-state index < -0.39 is 0 Å². The SMILES string of the molecule is CCc1cc(CC)n(CCC(=O)Nc2ccc(N)cc2)n1. The van der Waals surface area contributed by atoms with Crippen molar-refractivity contribution in [2.75, 3.05) is 11.1 Å². The van der Waals surface area contributed by atoms with Crippen LogP contribution in [0.5, 0.6) is 0 Å². The summed E-state index contributed by atoms with van der Waals surface area (Å²) in [4.78, 5) is 12.0. The van der Waals surface area contributed by atoms with Crippen LogP contribution in [0.15, 0.2) is 30.3 Å². The number of anilines is 2. The van der Waals surface area contributed by atoms with Gasteiger partial charge in [-0.1, -0.05) is 13.8 Å². The van der Waals surface area contributed by atoms with E-state index in [4.69, 9.17) is 5.73 Å². The summed E-state index contributed by atoms with van der Waals surface area (Å²) < 4.78 is 1.93. The third-order valence-electron chi connectivity index (χ3n) is 3.38. The lowest BCUT2D eigenvalue weighted by Gasteiger charge is -2.07. The number of aryl methyl sites for hydroxylation is 3. The maximum atomic E-state index is 12.0. The van der Waals surface area contributed by atoms with Gasteiger partial charge >= 0.3 is 0 Å². The van der Waals surface area contributed by atoms with Crippen molar-refractivity contribution in [3.63, 3.8) is 0 Å². The fourth-order valence-electron chi connectivity index (χ4n) is 2.16. The Bertz CT molecular complexity index is 601. The molecule has 1 amide bonds. The quantitative estimate of drug-likeness (QED) is 0.802. The molecule has 0 aliphatic rings. The molecule has 21 heavy (non-hydrogen) atoms. The van der Waals surface area contributed by atoms with E-state index in [1.807, 2.05) is 4.68 Å². The van der Waals surface area contributed by atoms with Gasteiger partial charge in [-0.15, -0.1) is 0 Å². The number of nitrogens with one attached hydrogen (secondary N) is 1. The summed E-state index contributed by atoms with van der Waals surface area (Å²) in [5.74, 6) is -0.0182. The Kier molecular flexibility index (Phi) is 4.98. The average Bonchev–Trinajstić information content (AvgIpc) is 2.90. The molecule has 5 nitrogen and oxygen atoms in total. The molecule has 0 atom stereocenters. The molecule has 0 bridgehead atoms. The number of nitrogens with two attached hydrogens (primary N) is 1. The Hall–Kier alpha value is -2.30. The summed E-state index contributed by atoms with van der Waals surface area (Å²) in [5, 5.41) is 7.37. The van der Waals surface area contributed by atoms with Crippen molar-refractivity contribution in [1.82, 2.24) is 9.78 Å². The molecule has 0 saturated heterocycles. The number of hydrogen-bond acceptors (Lipinski definition) is 3. The van der Waals surface area contributed by atoms with Gasteiger partial charge in [0.15, 0.2) is 0 Å². The van der Waals surface area contributed by atoms with E-state index in [1.165, 1.54) is 5.69 Å². The van der Waals surface area contributed by atoms with Crippen LogP contribution in [0.3, 0.4) is 0 Å². The van der Waals surface area contributed by atoms with Crippen molar-refractivity contribution in [3.05, 3.63) is 41.7 Å². The first kappa shape index (κ1) is 15.1. The Morgan fingerprint density at radius 3 is 2.57 bits per heavy atom. The van der Waals surface area contributed by atoms with Gasteiger partial charge in [0.25, 0.3) is 0 Å². The molecule has 1 aromatic heterocycles. The normalized spacial score (nSPS) is 10.6. The molecule has 0 saturated carbocycles. The van der Waals surface area contributed by atoms with Crippen LogP contribution in [0.1, 0.15) is 31.7 Å². The third kappa shape index (κ3) is 4.08. The summed E-state index contributed by atoms with van der Waals surface area (Å²) in [6.45, 7) is 4.78. The molecular formula is C16H22N4O.